The molecule has 4 heteroatoms. The number of carbonyl (C=O) groups excluding carboxylic acids is 1. The normalized spacial score (nSPS) is 21.2. The Hall–Kier alpha value is -0.660. The Morgan fingerprint density at radius 3 is 3.25 bits per heavy atom. The Morgan fingerprint density at radius 2 is 2.67 bits per heavy atom. The van der Waals surface area contributed by atoms with Crippen molar-refractivity contribution in [1.82, 2.24) is 5.32 Å². The first-order valence-corrected chi connectivity index (χ1v) is 4.91. The summed E-state index contributed by atoms with van der Waals surface area (Å²) in [7, 11) is 0. The second-order valence-electron chi connectivity index (χ2n) is 2.19. The number of nitrogens with one attached hydrogen (secondary N) is 1. The average molecular weight is 185 g/mol. The molecule has 1 atom stereocenters. The molecule has 12 heavy (non-hydrogen) atoms. The molecule has 0 aromatic heterocycles. The molecule has 0 radical (unpaired) electrons. The summed E-state index contributed by atoms with van der Waals surface area (Å²) in [5, 5.41) is 3.24. The maximum Gasteiger partial charge on any atom is 0.384 e. The van der Waals surface area contributed by atoms with Gasteiger partial charge < -0.3 is 4.74 Å². The molecule has 0 aromatic rings. The summed E-state index contributed by atoms with van der Waals surface area (Å²) in [5.41, 5.74) is 0. The number of hydrogen-bond donors (Lipinski definition) is 1. The van der Waals surface area contributed by atoms with E-state index >= 15 is 0 Å². The third-order valence-electron chi connectivity index (χ3n) is 1.30. The minimum Gasteiger partial charge on any atom is -0.456 e. The van der Waals surface area contributed by atoms with Crippen molar-refractivity contribution in [1.29, 1.82) is 0 Å². The highest BCUT2D eigenvalue weighted by molar-refractivity contribution is 8.00. The quantitative estimate of drug-likeness (QED) is 0.360. The predicted molar refractivity (Wildman–Crippen MR) is 48.7 cm³/mol. The fourth-order valence-corrected chi connectivity index (χ4v) is 1.66. The van der Waals surface area contributed by atoms with Gasteiger partial charge in [0, 0.05) is 18.2 Å². The van der Waals surface area contributed by atoms with E-state index in [0.717, 1.165) is 12.3 Å². The topological polar surface area (TPSA) is 38.3 Å². The van der Waals surface area contributed by atoms with Crippen molar-refractivity contribution < 1.29 is 9.53 Å². The van der Waals surface area contributed by atoms with Crippen LogP contribution in [-0.2, 0) is 9.53 Å². The van der Waals surface area contributed by atoms with Crippen LogP contribution >= 0.6 is 11.8 Å². The van der Waals surface area contributed by atoms with Crippen LogP contribution in [0.3, 0.4) is 0 Å². The fourth-order valence-electron chi connectivity index (χ4n) is 0.810. The number of thioether (sulfide) groups is 1. The van der Waals surface area contributed by atoms with Crippen molar-refractivity contribution in [3.8, 4) is 11.8 Å². The lowest BCUT2D eigenvalue weighted by atomic mass is 10.5. The van der Waals surface area contributed by atoms with Gasteiger partial charge in [0.15, 0.2) is 0 Å². The Balaban J connectivity index is 2.30. The zero-order chi connectivity index (χ0) is 8.81. The number of rotatable bonds is 1. The molecule has 1 rings (SSSR count). The molecule has 3 nitrogen and oxygen atoms in total. The van der Waals surface area contributed by atoms with E-state index in [2.05, 4.69) is 21.9 Å². The molecule has 0 aromatic carbocycles. The third-order valence-corrected chi connectivity index (χ3v) is 2.35. The first-order chi connectivity index (χ1) is 5.83. The first-order valence-electron chi connectivity index (χ1n) is 3.86. The van der Waals surface area contributed by atoms with Crippen molar-refractivity contribution in [2.24, 2.45) is 0 Å². The number of esters is 1. The van der Waals surface area contributed by atoms with Crippen molar-refractivity contribution in [3.05, 3.63) is 0 Å². The number of hydrogen-bond acceptors (Lipinski definition) is 4. The van der Waals surface area contributed by atoms with Gasteiger partial charge >= 0.3 is 5.97 Å². The van der Waals surface area contributed by atoms with Gasteiger partial charge in [-0.25, -0.2) is 4.79 Å². The molecule has 0 aliphatic carbocycles. The van der Waals surface area contributed by atoms with Crippen LogP contribution in [0.15, 0.2) is 0 Å². The summed E-state index contributed by atoms with van der Waals surface area (Å²) in [5.74, 6) is 5.84. The predicted octanol–water partition coefficient (Wildman–Crippen LogP) is 0.215. The second kappa shape index (κ2) is 5.07. The minimum absolute atomic E-state index is 0.106. The molecule has 0 amide bonds. The molecule has 0 bridgehead atoms. The fraction of sp³-hybridized carbons (Fsp3) is 0.625. The highest BCUT2D eigenvalue weighted by Crippen LogP contribution is 2.11. The molecule has 66 valence electrons. The van der Waals surface area contributed by atoms with E-state index in [0.29, 0.717) is 6.61 Å². The largest absolute Gasteiger partial charge is 0.456 e. The molecule has 0 spiro atoms. The van der Waals surface area contributed by atoms with Gasteiger partial charge in [-0.05, 0) is 6.92 Å². The van der Waals surface area contributed by atoms with Gasteiger partial charge in [-0.3, -0.25) is 5.32 Å². The Labute approximate surface area is 76.2 Å². The molecule has 1 fully saturated rings. The van der Waals surface area contributed by atoms with Gasteiger partial charge in [-0.1, -0.05) is 5.92 Å². The van der Waals surface area contributed by atoms with Crippen molar-refractivity contribution in [2.45, 2.75) is 12.3 Å². The van der Waals surface area contributed by atoms with Crippen LogP contribution in [0, 0.1) is 11.8 Å². The van der Waals surface area contributed by atoms with E-state index in [9.17, 15) is 4.79 Å². The van der Waals surface area contributed by atoms with Crippen LogP contribution in [0.2, 0.25) is 0 Å². The summed E-state index contributed by atoms with van der Waals surface area (Å²) in [6.07, 6.45) is 0. The monoisotopic (exact) mass is 185 g/mol. The maximum absolute atomic E-state index is 10.8. The van der Waals surface area contributed by atoms with Crippen LogP contribution in [0.25, 0.3) is 0 Å². The summed E-state index contributed by atoms with van der Waals surface area (Å²) >= 11 is 1.71. The van der Waals surface area contributed by atoms with Crippen LogP contribution in [0.4, 0.5) is 0 Å². The standard InChI is InChI=1S/C8H11NO2S/c1-2-11-8(10)4-3-7-9-5-6-12-7/h7,9H,2,5-6H2,1H3. The van der Waals surface area contributed by atoms with Gasteiger partial charge in [0.1, 0.15) is 5.37 Å². The molecule has 1 aliphatic rings. The van der Waals surface area contributed by atoms with Crippen LogP contribution in [0.5, 0.6) is 0 Å². The zero-order valence-electron chi connectivity index (χ0n) is 6.92. The minimum atomic E-state index is -0.438. The maximum atomic E-state index is 10.8. The lowest BCUT2D eigenvalue weighted by molar-refractivity contribution is -0.136. The van der Waals surface area contributed by atoms with Gasteiger partial charge in [-0.2, -0.15) is 0 Å². The number of ether oxygens (including phenoxy) is 1. The Kier molecular flexibility index (Phi) is 3.98. The summed E-state index contributed by atoms with van der Waals surface area (Å²) < 4.78 is 4.65. The molecular formula is C8H11NO2S. The zero-order valence-corrected chi connectivity index (χ0v) is 7.74. The van der Waals surface area contributed by atoms with E-state index in [-0.39, 0.29) is 5.37 Å². The van der Waals surface area contributed by atoms with Gasteiger partial charge in [0.2, 0.25) is 0 Å². The molecule has 1 saturated heterocycles. The highest BCUT2D eigenvalue weighted by atomic mass is 32.2. The first kappa shape index (κ1) is 9.43. The second-order valence-corrected chi connectivity index (χ2v) is 3.41. The lowest BCUT2D eigenvalue weighted by Crippen LogP contribution is -2.17. The lowest BCUT2D eigenvalue weighted by Gasteiger charge is -1.96. The van der Waals surface area contributed by atoms with E-state index in [1.165, 1.54) is 0 Å². The SMILES string of the molecule is CCOC(=O)C#CC1NCCS1. The van der Waals surface area contributed by atoms with Crippen LogP contribution in [-0.4, -0.2) is 30.2 Å². The molecule has 1 N–H and O–H groups in total. The summed E-state index contributed by atoms with van der Waals surface area (Å²) in [6, 6.07) is 0. The van der Waals surface area contributed by atoms with E-state index < -0.39 is 5.97 Å². The average Bonchev–Trinajstić information content (AvgIpc) is 2.53. The van der Waals surface area contributed by atoms with Gasteiger partial charge in [-0.15, -0.1) is 11.8 Å². The molecule has 1 heterocycles. The van der Waals surface area contributed by atoms with Gasteiger partial charge in [0.25, 0.3) is 0 Å². The van der Waals surface area contributed by atoms with E-state index in [1.54, 1.807) is 18.7 Å². The Morgan fingerprint density at radius 1 is 1.83 bits per heavy atom. The molecular weight excluding hydrogens is 174 g/mol. The van der Waals surface area contributed by atoms with Crippen LogP contribution in [0.1, 0.15) is 6.92 Å². The third kappa shape index (κ3) is 3.16. The Bertz CT molecular complexity index is 213. The van der Waals surface area contributed by atoms with Crippen molar-refractivity contribution >= 4 is 17.7 Å². The highest BCUT2D eigenvalue weighted by Gasteiger charge is 2.10. The van der Waals surface area contributed by atoms with Crippen LogP contribution < -0.4 is 5.32 Å². The van der Waals surface area contributed by atoms with E-state index in [1.807, 2.05) is 0 Å². The number of carbonyl (C=O) groups is 1. The van der Waals surface area contributed by atoms with Gasteiger partial charge in [0.05, 0.1) is 6.61 Å². The molecule has 1 unspecified atom stereocenters. The molecule has 0 saturated carbocycles. The van der Waals surface area contributed by atoms with Crippen molar-refractivity contribution in [3.63, 3.8) is 0 Å². The molecule has 1 aliphatic heterocycles. The summed E-state index contributed by atoms with van der Waals surface area (Å²) in [6.45, 7) is 3.12. The van der Waals surface area contributed by atoms with E-state index in [4.69, 9.17) is 0 Å². The smallest absolute Gasteiger partial charge is 0.384 e. The summed E-state index contributed by atoms with van der Waals surface area (Å²) in [4.78, 5) is 10.8. The van der Waals surface area contributed by atoms with Crippen molar-refractivity contribution in [2.75, 3.05) is 18.9 Å².